The summed E-state index contributed by atoms with van der Waals surface area (Å²) in [5.41, 5.74) is 1.73. The van der Waals surface area contributed by atoms with Crippen molar-refractivity contribution in [1.82, 2.24) is 4.90 Å². The number of aryl methyl sites for hydroxylation is 1. The largest absolute Gasteiger partial charge is 0.392 e. The van der Waals surface area contributed by atoms with Crippen LogP contribution < -0.4 is 0 Å². The van der Waals surface area contributed by atoms with E-state index in [1.165, 1.54) is 0 Å². The summed E-state index contributed by atoms with van der Waals surface area (Å²) < 4.78 is 5.77. The van der Waals surface area contributed by atoms with Gasteiger partial charge in [0.25, 0.3) is 5.91 Å². The summed E-state index contributed by atoms with van der Waals surface area (Å²) in [6, 6.07) is 7.74. The lowest BCUT2D eigenvalue weighted by molar-refractivity contribution is -0.207. The third kappa shape index (κ3) is 2.55. The zero-order chi connectivity index (χ0) is 15.7. The molecule has 1 aromatic rings. The number of nitrogens with zero attached hydrogens (tertiary/aromatic N) is 1. The Labute approximate surface area is 132 Å². The zero-order valence-electron chi connectivity index (χ0n) is 13.4. The van der Waals surface area contributed by atoms with Crippen molar-refractivity contribution in [3.8, 4) is 0 Å². The van der Waals surface area contributed by atoms with Crippen molar-refractivity contribution < 1.29 is 14.6 Å². The van der Waals surface area contributed by atoms with E-state index in [0.29, 0.717) is 19.7 Å². The molecule has 0 bridgehead atoms. The standard InChI is InChI=1S/C18H25NO3/c1-3-22-16-12-15(20)18(16)7-9-19(10-8-18)17(21)14-6-4-5-13(2)11-14/h4-6,11,15-16,20H,3,7-10,12H2,1-2H3/t15-,16+/m1/s1. The second-order valence-electron chi connectivity index (χ2n) is 6.59. The van der Waals surface area contributed by atoms with Gasteiger partial charge >= 0.3 is 0 Å². The zero-order valence-corrected chi connectivity index (χ0v) is 13.4. The molecule has 4 nitrogen and oxygen atoms in total. The van der Waals surface area contributed by atoms with E-state index < -0.39 is 0 Å². The molecule has 1 aromatic carbocycles. The molecule has 1 heterocycles. The number of rotatable bonds is 3. The smallest absolute Gasteiger partial charge is 0.253 e. The molecule has 1 aliphatic heterocycles. The van der Waals surface area contributed by atoms with Gasteiger partial charge in [-0.1, -0.05) is 17.7 Å². The molecule has 3 rings (SSSR count). The number of hydrogen-bond donors (Lipinski definition) is 1. The maximum absolute atomic E-state index is 12.6. The number of piperidine rings is 1. The topological polar surface area (TPSA) is 49.8 Å². The first-order chi connectivity index (χ1) is 10.6. The van der Waals surface area contributed by atoms with Gasteiger partial charge in [0.1, 0.15) is 0 Å². The molecule has 1 aliphatic carbocycles. The van der Waals surface area contributed by atoms with Crippen molar-refractivity contribution in [3.63, 3.8) is 0 Å². The molecule has 2 atom stereocenters. The molecule has 0 radical (unpaired) electrons. The van der Waals surface area contributed by atoms with Crippen molar-refractivity contribution in [2.24, 2.45) is 5.41 Å². The van der Waals surface area contributed by atoms with Crippen LogP contribution in [0.15, 0.2) is 24.3 Å². The van der Waals surface area contributed by atoms with E-state index in [1.54, 1.807) is 0 Å². The fraction of sp³-hybridized carbons (Fsp3) is 0.611. The molecule has 1 amide bonds. The van der Waals surface area contributed by atoms with Crippen LogP contribution in [-0.4, -0.2) is 47.8 Å². The summed E-state index contributed by atoms with van der Waals surface area (Å²) >= 11 is 0. The van der Waals surface area contributed by atoms with E-state index in [9.17, 15) is 9.90 Å². The van der Waals surface area contributed by atoms with Gasteiger partial charge in [0.05, 0.1) is 12.2 Å². The van der Waals surface area contributed by atoms with Gasteiger partial charge in [-0.3, -0.25) is 4.79 Å². The summed E-state index contributed by atoms with van der Waals surface area (Å²) in [6.07, 6.45) is 2.27. The molecule has 1 N–H and O–H groups in total. The minimum atomic E-state index is -0.278. The Bertz CT molecular complexity index is 547. The number of aliphatic hydroxyl groups excluding tert-OH is 1. The third-order valence-corrected chi connectivity index (χ3v) is 5.36. The lowest BCUT2D eigenvalue weighted by Crippen LogP contribution is -2.62. The van der Waals surface area contributed by atoms with Gasteiger partial charge < -0.3 is 14.7 Å². The van der Waals surface area contributed by atoms with Gasteiger partial charge in [-0.2, -0.15) is 0 Å². The second-order valence-corrected chi connectivity index (χ2v) is 6.59. The molecular formula is C18H25NO3. The van der Waals surface area contributed by atoms with Crippen LogP contribution in [0.5, 0.6) is 0 Å². The lowest BCUT2D eigenvalue weighted by atomic mass is 9.58. The number of benzene rings is 1. The maximum Gasteiger partial charge on any atom is 0.253 e. The molecule has 4 heteroatoms. The summed E-state index contributed by atoms with van der Waals surface area (Å²) in [7, 11) is 0. The van der Waals surface area contributed by atoms with Crippen LogP contribution in [-0.2, 0) is 4.74 Å². The molecular weight excluding hydrogens is 278 g/mol. The Hall–Kier alpha value is -1.39. The van der Waals surface area contributed by atoms with Gasteiger partial charge in [0.15, 0.2) is 0 Å². The van der Waals surface area contributed by atoms with Gasteiger partial charge in [0.2, 0.25) is 0 Å². The molecule has 0 unspecified atom stereocenters. The van der Waals surface area contributed by atoms with Crippen LogP contribution in [0, 0.1) is 12.3 Å². The number of carbonyl (C=O) groups excluding carboxylic acids is 1. The highest BCUT2D eigenvalue weighted by Gasteiger charge is 2.56. The number of ether oxygens (including phenoxy) is 1. The van der Waals surface area contributed by atoms with Gasteiger partial charge in [-0.25, -0.2) is 0 Å². The van der Waals surface area contributed by atoms with Crippen LogP contribution in [0.3, 0.4) is 0 Å². The Balaban J connectivity index is 1.65. The molecule has 2 aliphatic rings. The average molecular weight is 303 g/mol. The first kappa shape index (κ1) is 15.5. The summed E-state index contributed by atoms with van der Waals surface area (Å²) in [5, 5.41) is 10.2. The summed E-state index contributed by atoms with van der Waals surface area (Å²) in [4.78, 5) is 14.5. The highest BCUT2D eigenvalue weighted by molar-refractivity contribution is 5.94. The Morgan fingerprint density at radius 2 is 2.14 bits per heavy atom. The van der Waals surface area contributed by atoms with E-state index in [2.05, 4.69) is 0 Å². The van der Waals surface area contributed by atoms with Crippen molar-refractivity contribution in [3.05, 3.63) is 35.4 Å². The third-order valence-electron chi connectivity index (χ3n) is 5.36. The first-order valence-electron chi connectivity index (χ1n) is 8.22. The SMILES string of the molecule is CCO[C@H]1C[C@@H](O)C12CCN(C(=O)c1cccc(C)c1)CC2. The molecule has 1 spiro atoms. The van der Waals surface area contributed by atoms with E-state index in [1.807, 2.05) is 43.0 Å². The fourth-order valence-electron chi connectivity index (χ4n) is 3.90. The van der Waals surface area contributed by atoms with Crippen molar-refractivity contribution in [2.45, 2.75) is 45.3 Å². The van der Waals surface area contributed by atoms with Crippen LogP contribution in [0.2, 0.25) is 0 Å². The highest BCUT2D eigenvalue weighted by Crippen LogP contribution is 2.51. The van der Waals surface area contributed by atoms with Crippen LogP contribution in [0.4, 0.5) is 0 Å². The number of likely N-dealkylation sites (tertiary alicyclic amines) is 1. The summed E-state index contributed by atoms with van der Waals surface area (Å²) in [6.45, 7) is 6.08. The number of hydrogen-bond acceptors (Lipinski definition) is 3. The normalized spacial score (nSPS) is 26.8. The predicted octanol–water partition coefficient (Wildman–Crippen LogP) is 2.39. The molecule has 1 saturated heterocycles. The van der Waals surface area contributed by atoms with Gasteiger partial charge in [-0.05, 0) is 38.8 Å². The van der Waals surface area contributed by atoms with Crippen molar-refractivity contribution in [1.29, 1.82) is 0 Å². The number of aliphatic hydroxyl groups is 1. The highest BCUT2D eigenvalue weighted by atomic mass is 16.5. The first-order valence-corrected chi connectivity index (χ1v) is 8.22. The molecule has 1 saturated carbocycles. The number of carbonyl (C=O) groups is 1. The fourth-order valence-corrected chi connectivity index (χ4v) is 3.90. The van der Waals surface area contributed by atoms with Crippen LogP contribution >= 0.6 is 0 Å². The average Bonchev–Trinajstić information content (AvgIpc) is 2.54. The van der Waals surface area contributed by atoms with Gasteiger partial charge in [0, 0.05) is 37.1 Å². The van der Waals surface area contributed by atoms with Crippen LogP contribution in [0.25, 0.3) is 0 Å². The quantitative estimate of drug-likeness (QED) is 0.933. The van der Waals surface area contributed by atoms with E-state index in [4.69, 9.17) is 4.74 Å². The monoisotopic (exact) mass is 303 g/mol. The second kappa shape index (κ2) is 6.01. The van der Waals surface area contributed by atoms with Crippen molar-refractivity contribution >= 4 is 5.91 Å². The molecule has 2 fully saturated rings. The Morgan fingerprint density at radius 3 is 2.73 bits per heavy atom. The minimum Gasteiger partial charge on any atom is -0.392 e. The van der Waals surface area contributed by atoms with Crippen molar-refractivity contribution in [2.75, 3.05) is 19.7 Å². The number of amides is 1. The maximum atomic E-state index is 12.6. The Morgan fingerprint density at radius 1 is 1.41 bits per heavy atom. The van der Waals surface area contributed by atoms with E-state index in [0.717, 1.165) is 30.4 Å². The minimum absolute atomic E-state index is 0.0975. The van der Waals surface area contributed by atoms with Crippen LogP contribution in [0.1, 0.15) is 42.1 Å². The molecule has 0 aromatic heterocycles. The van der Waals surface area contributed by atoms with E-state index >= 15 is 0 Å². The van der Waals surface area contributed by atoms with E-state index in [-0.39, 0.29) is 23.5 Å². The lowest BCUT2D eigenvalue weighted by Gasteiger charge is -2.56. The molecule has 120 valence electrons. The summed E-state index contributed by atoms with van der Waals surface area (Å²) in [5.74, 6) is 0.0975. The predicted molar refractivity (Wildman–Crippen MR) is 84.8 cm³/mol. The molecule has 22 heavy (non-hydrogen) atoms. The Kier molecular flexibility index (Phi) is 4.24. The van der Waals surface area contributed by atoms with Gasteiger partial charge in [-0.15, -0.1) is 0 Å².